The number of rotatable bonds is 7. The molecule has 5 nitrogen and oxygen atoms in total. The molecule has 2 rings (SSSR count). The molecule has 1 aliphatic carbocycles. The van der Waals surface area contributed by atoms with E-state index in [1.807, 2.05) is 0 Å². The second-order valence-corrected chi connectivity index (χ2v) is 6.44. The Morgan fingerprint density at radius 3 is 2.57 bits per heavy atom. The van der Waals surface area contributed by atoms with Crippen molar-refractivity contribution in [2.75, 3.05) is 13.2 Å². The van der Waals surface area contributed by atoms with Crippen molar-refractivity contribution in [3.63, 3.8) is 0 Å². The summed E-state index contributed by atoms with van der Waals surface area (Å²) in [4.78, 5) is 23.0. The molecule has 0 radical (unpaired) electrons. The van der Waals surface area contributed by atoms with E-state index in [1.54, 1.807) is 0 Å². The Hall–Kier alpha value is -1.10. The van der Waals surface area contributed by atoms with Crippen LogP contribution >= 0.6 is 0 Å². The van der Waals surface area contributed by atoms with Gasteiger partial charge in [0.25, 0.3) is 0 Å². The minimum absolute atomic E-state index is 0.00250. The standard InChI is InChI=1S/C16H27NO4/c18-15(19)7-6-14(10-12-4-2-1-3-5-12)17-16(20)13-8-9-21-11-13/h12-14H,1-11H2,(H,17,20)(H,18,19). The maximum atomic E-state index is 12.2. The maximum Gasteiger partial charge on any atom is 0.303 e. The number of nitrogens with one attached hydrogen (secondary N) is 1. The number of carboxylic acid groups (broad SMARTS) is 1. The van der Waals surface area contributed by atoms with Crippen LogP contribution in [0.4, 0.5) is 0 Å². The highest BCUT2D eigenvalue weighted by Crippen LogP contribution is 2.28. The highest BCUT2D eigenvalue weighted by Gasteiger charge is 2.27. The summed E-state index contributed by atoms with van der Waals surface area (Å²) in [5.74, 6) is -0.165. The molecule has 0 aromatic rings. The number of hydrogen-bond donors (Lipinski definition) is 2. The van der Waals surface area contributed by atoms with Crippen LogP contribution in [0, 0.1) is 11.8 Å². The number of ether oxygens (including phenoxy) is 1. The first-order valence-corrected chi connectivity index (χ1v) is 8.25. The van der Waals surface area contributed by atoms with Crippen molar-refractivity contribution >= 4 is 11.9 Å². The Labute approximate surface area is 126 Å². The molecule has 120 valence electrons. The van der Waals surface area contributed by atoms with Gasteiger partial charge >= 0.3 is 5.97 Å². The van der Waals surface area contributed by atoms with Gasteiger partial charge in [0.05, 0.1) is 12.5 Å². The summed E-state index contributed by atoms with van der Waals surface area (Å²) in [6.07, 6.45) is 8.62. The van der Waals surface area contributed by atoms with Crippen molar-refractivity contribution in [3.05, 3.63) is 0 Å². The predicted molar refractivity (Wildman–Crippen MR) is 78.9 cm³/mol. The molecule has 2 N–H and O–H groups in total. The van der Waals surface area contributed by atoms with Gasteiger partial charge in [0, 0.05) is 19.1 Å². The summed E-state index contributed by atoms with van der Waals surface area (Å²) in [6.45, 7) is 1.15. The van der Waals surface area contributed by atoms with E-state index < -0.39 is 5.97 Å². The molecular formula is C16H27NO4. The minimum atomic E-state index is -0.790. The van der Waals surface area contributed by atoms with Gasteiger partial charge in [-0.25, -0.2) is 0 Å². The minimum Gasteiger partial charge on any atom is -0.481 e. The third-order valence-corrected chi connectivity index (χ3v) is 4.70. The zero-order valence-electron chi connectivity index (χ0n) is 12.7. The first-order chi connectivity index (χ1) is 10.1. The normalized spacial score (nSPS) is 24.7. The summed E-state index contributed by atoms with van der Waals surface area (Å²) < 4.78 is 5.25. The number of carboxylic acids is 1. The number of carbonyl (C=O) groups is 2. The van der Waals surface area contributed by atoms with E-state index in [0.717, 1.165) is 12.8 Å². The molecule has 21 heavy (non-hydrogen) atoms. The number of carbonyl (C=O) groups excluding carboxylic acids is 1. The molecule has 0 aromatic carbocycles. The molecule has 1 saturated heterocycles. The highest BCUT2D eigenvalue weighted by molar-refractivity contribution is 5.79. The van der Waals surface area contributed by atoms with E-state index in [2.05, 4.69) is 5.32 Å². The molecule has 1 aliphatic heterocycles. The highest BCUT2D eigenvalue weighted by atomic mass is 16.5. The smallest absolute Gasteiger partial charge is 0.303 e. The molecule has 1 heterocycles. The van der Waals surface area contributed by atoms with E-state index in [1.165, 1.54) is 32.1 Å². The van der Waals surface area contributed by atoms with E-state index in [4.69, 9.17) is 9.84 Å². The second-order valence-electron chi connectivity index (χ2n) is 6.44. The quantitative estimate of drug-likeness (QED) is 0.756. The third kappa shape index (κ3) is 5.65. The lowest BCUT2D eigenvalue weighted by Crippen LogP contribution is -2.40. The SMILES string of the molecule is O=C(O)CCC(CC1CCCCC1)NC(=O)C1CCOC1. The number of hydrogen-bond acceptors (Lipinski definition) is 3. The van der Waals surface area contributed by atoms with Gasteiger partial charge in [-0.3, -0.25) is 9.59 Å². The van der Waals surface area contributed by atoms with Crippen molar-refractivity contribution < 1.29 is 19.4 Å². The molecular weight excluding hydrogens is 270 g/mol. The molecule has 2 fully saturated rings. The van der Waals surface area contributed by atoms with Crippen LogP contribution in [0.3, 0.4) is 0 Å². The van der Waals surface area contributed by atoms with Crippen molar-refractivity contribution in [2.45, 2.75) is 63.8 Å². The van der Waals surface area contributed by atoms with Crippen LogP contribution in [0.1, 0.15) is 57.8 Å². The Morgan fingerprint density at radius 1 is 1.19 bits per heavy atom. The predicted octanol–water partition coefficient (Wildman–Crippen LogP) is 2.34. The fraction of sp³-hybridized carbons (Fsp3) is 0.875. The summed E-state index contributed by atoms with van der Waals surface area (Å²) in [6, 6.07) is -0.00250. The monoisotopic (exact) mass is 297 g/mol. The van der Waals surface area contributed by atoms with Gasteiger partial charge in [-0.2, -0.15) is 0 Å². The topological polar surface area (TPSA) is 75.6 Å². The van der Waals surface area contributed by atoms with Crippen LogP contribution < -0.4 is 5.32 Å². The molecule has 0 spiro atoms. The summed E-state index contributed by atoms with van der Waals surface area (Å²) >= 11 is 0. The molecule has 1 amide bonds. The van der Waals surface area contributed by atoms with Gasteiger partial charge in [0.1, 0.15) is 0 Å². The number of amides is 1. The molecule has 5 heteroatoms. The van der Waals surface area contributed by atoms with E-state index in [-0.39, 0.29) is 24.3 Å². The van der Waals surface area contributed by atoms with Gasteiger partial charge in [0.2, 0.25) is 5.91 Å². The fourth-order valence-electron chi connectivity index (χ4n) is 3.43. The maximum absolute atomic E-state index is 12.2. The Balaban J connectivity index is 1.83. The van der Waals surface area contributed by atoms with Crippen molar-refractivity contribution in [2.24, 2.45) is 11.8 Å². The van der Waals surface area contributed by atoms with Gasteiger partial charge < -0.3 is 15.2 Å². The van der Waals surface area contributed by atoms with E-state index >= 15 is 0 Å². The Morgan fingerprint density at radius 2 is 1.95 bits per heavy atom. The Bertz CT molecular complexity index is 346. The lowest BCUT2D eigenvalue weighted by atomic mass is 9.84. The van der Waals surface area contributed by atoms with Gasteiger partial charge in [0.15, 0.2) is 0 Å². The lowest BCUT2D eigenvalue weighted by molar-refractivity contribution is -0.137. The van der Waals surface area contributed by atoms with Crippen LogP contribution in [0.5, 0.6) is 0 Å². The van der Waals surface area contributed by atoms with Gasteiger partial charge in [-0.1, -0.05) is 32.1 Å². The zero-order valence-corrected chi connectivity index (χ0v) is 12.7. The molecule has 2 unspecified atom stereocenters. The molecule has 2 aliphatic rings. The van der Waals surface area contributed by atoms with Crippen LogP contribution in [-0.4, -0.2) is 36.2 Å². The van der Waals surface area contributed by atoms with Gasteiger partial charge in [-0.05, 0) is 25.2 Å². The van der Waals surface area contributed by atoms with Crippen LogP contribution in [-0.2, 0) is 14.3 Å². The molecule has 0 aromatic heterocycles. The first kappa shape index (κ1) is 16.3. The third-order valence-electron chi connectivity index (χ3n) is 4.70. The Kier molecular flexibility index (Phi) is 6.49. The average molecular weight is 297 g/mol. The summed E-state index contributed by atoms with van der Waals surface area (Å²) in [5, 5.41) is 12.0. The van der Waals surface area contributed by atoms with Crippen molar-refractivity contribution in [1.29, 1.82) is 0 Å². The van der Waals surface area contributed by atoms with Crippen LogP contribution in [0.15, 0.2) is 0 Å². The van der Waals surface area contributed by atoms with E-state index in [9.17, 15) is 9.59 Å². The number of aliphatic carboxylic acids is 1. The summed E-state index contributed by atoms with van der Waals surface area (Å²) in [7, 11) is 0. The lowest BCUT2D eigenvalue weighted by Gasteiger charge is -2.27. The van der Waals surface area contributed by atoms with E-state index in [0.29, 0.717) is 25.6 Å². The largest absolute Gasteiger partial charge is 0.481 e. The second kappa shape index (κ2) is 8.37. The van der Waals surface area contributed by atoms with Gasteiger partial charge in [-0.15, -0.1) is 0 Å². The molecule has 1 saturated carbocycles. The van der Waals surface area contributed by atoms with Crippen molar-refractivity contribution in [3.8, 4) is 0 Å². The van der Waals surface area contributed by atoms with Crippen LogP contribution in [0.25, 0.3) is 0 Å². The zero-order chi connectivity index (χ0) is 15.1. The fourth-order valence-corrected chi connectivity index (χ4v) is 3.43. The summed E-state index contributed by atoms with van der Waals surface area (Å²) in [5.41, 5.74) is 0. The molecule has 2 atom stereocenters. The first-order valence-electron chi connectivity index (χ1n) is 8.25. The van der Waals surface area contributed by atoms with Crippen molar-refractivity contribution in [1.82, 2.24) is 5.32 Å². The van der Waals surface area contributed by atoms with Crippen LogP contribution in [0.2, 0.25) is 0 Å². The average Bonchev–Trinajstić information content (AvgIpc) is 3.00. The molecule has 0 bridgehead atoms.